The van der Waals surface area contributed by atoms with E-state index in [1.54, 1.807) is 12.4 Å². The lowest BCUT2D eigenvalue weighted by molar-refractivity contribution is -0.709. The molecule has 0 fully saturated rings. The summed E-state index contributed by atoms with van der Waals surface area (Å²) in [7, 11) is 0. The highest BCUT2D eigenvalue weighted by atomic mass is 16.5. The zero-order valence-electron chi connectivity index (χ0n) is 16.8. The Kier molecular flexibility index (Phi) is 12.0. The molecule has 140 valence electrons. The Morgan fingerprint density at radius 2 is 1.54 bits per heavy atom. The van der Waals surface area contributed by atoms with Crippen molar-refractivity contribution in [3.8, 4) is 0 Å². The molecule has 0 spiro atoms. The maximum absolute atomic E-state index is 10.0. The molecule has 0 aliphatic carbocycles. The van der Waals surface area contributed by atoms with Crippen molar-refractivity contribution in [2.75, 3.05) is 0 Å². The normalized spacial score (nSPS) is 9.81. The van der Waals surface area contributed by atoms with Crippen molar-refractivity contribution in [3.05, 3.63) is 90.8 Å². The summed E-state index contributed by atoms with van der Waals surface area (Å²) >= 11 is 0. The Morgan fingerprint density at radius 1 is 1.00 bits per heavy atom. The third-order valence-corrected chi connectivity index (χ3v) is 3.34. The highest BCUT2D eigenvalue weighted by Gasteiger charge is 2.07. The van der Waals surface area contributed by atoms with E-state index in [9.17, 15) is 5.21 Å². The molecule has 1 N–H and O–H groups in total. The second kappa shape index (κ2) is 13.5. The molecule has 3 heteroatoms. The molecular weight excluding hydrogens is 320 g/mol. The van der Waals surface area contributed by atoms with Gasteiger partial charge in [-0.1, -0.05) is 71.2 Å². The molecule has 0 bridgehead atoms. The van der Waals surface area contributed by atoms with Crippen LogP contribution in [0.2, 0.25) is 0 Å². The van der Waals surface area contributed by atoms with Crippen molar-refractivity contribution in [2.24, 2.45) is 0 Å². The van der Waals surface area contributed by atoms with E-state index in [4.69, 9.17) is 0 Å². The predicted octanol–water partition coefficient (Wildman–Crippen LogP) is 6.37. The summed E-state index contributed by atoms with van der Waals surface area (Å²) in [5, 5.41) is 10.0. The van der Waals surface area contributed by atoms with Crippen molar-refractivity contribution < 1.29 is 9.95 Å². The van der Waals surface area contributed by atoms with Gasteiger partial charge >= 0.3 is 0 Å². The summed E-state index contributed by atoms with van der Waals surface area (Å²) in [6.45, 7) is 18.4. The first kappa shape index (κ1) is 23.2. The van der Waals surface area contributed by atoms with Gasteiger partial charge in [0.2, 0.25) is 6.21 Å². The predicted molar refractivity (Wildman–Crippen MR) is 113 cm³/mol. The second-order valence-corrected chi connectivity index (χ2v) is 5.10. The number of nitrogens with zero attached hydrogens (tertiary/aromatic N) is 2. The number of allylic oxidation sites excluding steroid dienone is 1. The third-order valence-electron chi connectivity index (χ3n) is 3.34. The summed E-state index contributed by atoms with van der Waals surface area (Å²) in [5.74, 6) is 0. The van der Waals surface area contributed by atoms with Gasteiger partial charge in [0, 0.05) is 34.7 Å². The van der Waals surface area contributed by atoms with E-state index >= 15 is 0 Å². The van der Waals surface area contributed by atoms with Gasteiger partial charge in [0.05, 0.1) is 0 Å². The minimum absolute atomic E-state index is 0.728. The van der Waals surface area contributed by atoms with Crippen molar-refractivity contribution >= 4 is 11.9 Å². The van der Waals surface area contributed by atoms with Gasteiger partial charge in [-0.05, 0) is 30.8 Å². The minimum atomic E-state index is 0.728. The van der Waals surface area contributed by atoms with Gasteiger partial charge in [0.15, 0.2) is 0 Å². The van der Waals surface area contributed by atoms with Gasteiger partial charge in [-0.3, -0.25) is 5.21 Å². The van der Waals surface area contributed by atoms with E-state index in [0.717, 1.165) is 33.8 Å². The van der Waals surface area contributed by atoms with Gasteiger partial charge < -0.3 is 4.90 Å². The third kappa shape index (κ3) is 7.84. The topological polar surface area (TPSA) is 26.5 Å². The number of para-hydroxylation sites is 1. The van der Waals surface area contributed by atoms with Crippen LogP contribution in [0.3, 0.4) is 0 Å². The average Bonchev–Trinajstić information content (AvgIpc) is 2.70. The summed E-state index contributed by atoms with van der Waals surface area (Å²) < 4.78 is 1.12. The molecule has 26 heavy (non-hydrogen) atoms. The van der Waals surface area contributed by atoms with E-state index in [-0.39, 0.29) is 0 Å². The average molecular weight is 354 g/mol. The van der Waals surface area contributed by atoms with E-state index in [2.05, 4.69) is 13.2 Å². The standard InChI is InChI=1S/C19H21N2O.2C2H6/c1-4-20(16(2)3)14-17-10-12-18(13-11-17)15-21(22)19-8-6-5-7-9-19;2*1-2/h4-13,15,22H,1-2,14H2,3H3;2*1-2H3/q+1;;/b21-15-;;. The summed E-state index contributed by atoms with van der Waals surface area (Å²) in [6, 6.07) is 17.4. The molecule has 2 aromatic rings. The first-order valence-corrected chi connectivity index (χ1v) is 9.12. The molecule has 0 heterocycles. The van der Waals surface area contributed by atoms with Gasteiger partial charge in [0.1, 0.15) is 0 Å². The van der Waals surface area contributed by atoms with Crippen molar-refractivity contribution in [1.29, 1.82) is 0 Å². The largest absolute Gasteiger partial charge is 0.349 e. The Bertz CT molecular complexity index is 673. The maximum atomic E-state index is 10.0. The lowest BCUT2D eigenvalue weighted by atomic mass is 10.1. The van der Waals surface area contributed by atoms with Crippen molar-refractivity contribution in [2.45, 2.75) is 41.2 Å². The Morgan fingerprint density at radius 3 is 2.00 bits per heavy atom. The lowest BCUT2D eigenvalue weighted by Crippen LogP contribution is -2.13. The summed E-state index contributed by atoms with van der Waals surface area (Å²) in [5.41, 5.74) is 3.77. The molecule has 2 rings (SSSR count). The summed E-state index contributed by atoms with van der Waals surface area (Å²) in [6.07, 6.45) is 3.45. The van der Waals surface area contributed by atoms with Crippen LogP contribution in [-0.4, -0.2) is 21.1 Å². The Hall–Kier alpha value is -2.81. The monoisotopic (exact) mass is 353 g/mol. The molecular formula is C23H33N2O+. The SMILES string of the molecule is C=CN(Cc1ccc(/C=[N+](\O)c2ccccc2)cc1)C(=C)C.CC.CC. The zero-order chi connectivity index (χ0) is 19.9. The number of benzene rings is 2. The number of hydrogen-bond acceptors (Lipinski definition) is 2. The number of rotatable bonds is 6. The van der Waals surface area contributed by atoms with E-state index in [1.165, 1.54) is 0 Å². The molecule has 2 aromatic carbocycles. The summed E-state index contributed by atoms with van der Waals surface area (Å²) in [4.78, 5) is 1.99. The van der Waals surface area contributed by atoms with E-state index < -0.39 is 0 Å². The molecule has 0 amide bonds. The molecule has 0 aliphatic heterocycles. The molecule has 0 unspecified atom stereocenters. The zero-order valence-corrected chi connectivity index (χ0v) is 16.8. The van der Waals surface area contributed by atoms with Crippen LogP contribution >= 0.6 is 0 Å². The lowest BCUT2D eigenvalue weighted by Gasteiger charge is -2.19. The molecule has 0 aliphatic rings. The second-order valence-electron chi connectivity index (χ2n) is 5.10. The highest BCUT2D eigenvalue weighted by molar-refractivity contribution is 5.76. The minimum Gasteiger partial charge on any atom is -0.349 e. The van der Waals surface area contributed by atoms with Crippen LogP contribution in [0.15, 0.2) is 79.7 Å². The van der Waals surface area contributed by atoms with Crippen LogP contribution in [-0.2, 0) is 6.54 Å². The maximum Gasteiger partial charge on any atom is 0.257 e. The van der Waals surface area contributed by atoms with Crippen molar-refractivity contribution in [3.63, 3.8) is 0 Å². The molecule has 0 radical (unpaired) electrons. The van der Waals surface area contributed by atoms with Crippen LogP contribution in [0.4, 0.5) is 5.69 Å². The fourth-order valence-corrected chi connectivity index (χ4v) is 2.06. The molecule has 0 aromatic heterocycles. The first-order chi connectivity index (χ1) is 12.6. The van der Waals surface area contributed by atoms with Crippen LogP contribution in [0.1, 0.15) is 45.7 Å². The molecule has 3 nitrogen and oxygen atoms in total. The Balaban J connectivity index is 0.00000146. The van der Waals surface area contributed by atoms with Crippen molar-refractivity contribution in [1.82, 2.24) is 4.90 Å². The van der Waals surface area contributed by atoms with Gasteiger partial charge in [-0.25, -0.2) is 0 Å². The molecule has 0 saturated carbocycles. The highest BCUT2D eigenvalue weighted by Crippen LogP contribution is 2.12. The molecule has 0 atom stereocenters. The van der Waals surface area contributed by atoms with E-state index in [0.29, 0.717) is 0 Å². The van der Waals surface area contributed by atoms with Crippen LogP contribution < -0.4 is 0 Å². The fraction of sp³-hybridized carbons (Fsp3) is 0.261. The van der Waals surface area contributed by atoms with Gasteiger partial charge in [0.25, 0.3) is 5.69 Å². The van der Waals surface area contributed by atoms with Gasteiger partial charge in [-0.2, -0.15) is 0 Å². The smallest absolute Gasteiger partial charge is 0.257 e. The fourth-order valence-electron chi connectivity index (χ4n) is 2.06. The van der Waals surface area contributed by atoms with Crippen LogP contribution in [0, 0.1) is 0 Å². The van der Waals surface area contributed by atoms with Crippen LogP contribution in [0.25, 0.3) is 0 Å². The van der Waals surface area contributed by atoms with Crippen LogP contribution in [0.5, 0.6) is 0 Å². The van der Waals surface area contributed by atoms with Gasteiger partial charge in [-0.15, -0.1) is 0 Å². The Labute approximate surface area is 159 Å². The first-order valence-electron chi connectivity index (χ1n) is 9.12. The molecule has 0 saturated heterocycles. The quantitative estimate of drug-likeness (QED) is 0.283. The van der Waals surface area contributed by atoms with E-state index in [1.807, 2.05) is 94.1 Å². The number of hydrogen-bond donors (Lipinski definition) is 1.